The van der Waals surface area contributed by atoms with Crippen molar-refractivity contribution in [3.05, 3.63) is 48.2 Å². The third-order valence-electron chi connectivity index (χ3n) is 3.74. The van der Waals surface area contributed by atoms with Gasteiger partial charge in [0.15, 0.2) is 5.76 Å². The molecule has 1 unspecified atom stereocenters. The zero-order chi connectivity index (χ0) is 20.6. The van der Waals surface area contributed by atoms with Crippen molar-refractivity contribution in [3.63, 3.8) is 0 Å². The van der Waals surface area contributed by atoms with Gasteiger partial charge in [0.25, 0.3) is 5.91 Å². The number of hydrogen-bond donors (Lipinski definition) is 5. The van der Waals surface area contributed by atoms with Crippen LogP contribution in [0.15, 0.2) is 48.2 Å². The monoisotopic (exact) mass is 384 g/mol. The molecule has 0 aliphatic carbocycles. The van der Waals surface area contributed by atoms with Crippen molar-refractivity contribution in [1.29, 1.82) is 0 Å². The Balaban J connectivity index is 2.96. The van der Waals surface area contributed by atoms with Gasteiger partial charge in [-0.1, -0.05) is 13.2 Å². The number of carbonyl (C=O) groups is 2. The van der Waals surface area contributed by atoms with E-state index in [1.165, 1.54) is 12.0 Å². The summed E-state index contributed by atoms with van der Waals surface area (Å²) in [4.78, 5) is 26.0. The topological polar surface area (TPSA) is 123 Å². The van der Waals surface area contributed by atoms with Gasteiger partial charge in [-0.05, 0) is 12.5 Å². The highest BCUT2D eigenvalue weighted by Gasteiger charge is 2.26. The fourth-order valence-electron chi connectivity index (χ4n) is 2.15. The number of amides is 1. The first-order valence-electron chi connectivity index (χ1n) is 8.06. The molecule has 0 saturated heterocycles. The molecule has 5 N–H and O–H groups in total. The molecule has 150 valence electrons. The van der Waals surface area contributed by atoms with Crippen LogP contribution in [0.2, 0.25) is 0 Å². The molecule has 2 atom stereocenters. The Morgan fingerprint density at radius 3 is 2.74 bits per heavy atom. The van der Waals surface area contributed by atoms with Crippen LogP contribution in [0.5, 0.6) is 0 Å². The third-order valence-corrected chi connectivity index (χ3v) is 3.74. The zero-order valence-electron chi connectivity index (χ0n) is 15.3. The molecule has 0 aromatic carbocycles. The van der Waals surface area contributed by atoms with E-state index >= 15 is 0 Å². The van der Waals surface area contributed by atoms with Gasteiger partial charge in [0, 0.05) is 25.9 Å². The van der Waals surface area contributed by atoms with Crippen LogP contribution in [0, 0.1) is 0 Å². The van der Waals surface area contributed by atoms with Gasteiger partial charge in [-0.15, -0.1) is 0 Å². The highest BCUT2D eigenvalue weighted by molar-refractivity contribution is 6.10. The summed E-state index contributed by atoms with van der Waals surface area (Å²) in [5.74, 6) is -3.22. The van der Waals surface area contributed by atoms with Gasteiger partial charge >= 0.3 is 0 Å². The van der Waals surface area contributed by atoms with E-state index < -0.39 is 29.5 Å². The first kappa shape index (κ1) is 22.5. The van der Waals surface area contributed by atoms with Crippen LogP contribution in [0.3, 0.4) is 0 Å². The number of hydrogen-bond acceptors (Lipinski definition) is 8. The van der Waals surface area contributed by atoms with E-state index in [4.69, 9.17) is 4.74 Å². The summed E-state index contributed by atoms with van der Waals surface area (Å²) in [5, 5.41) is 22.6. The number of methoxy groups -OCH3 is 1. The summed E-state index contributed by atoms with van der Waals surface area (Å²) in [7, 11) is 1.49. The van der Waals surface area contributed by atoms with Crippen LogP contribution in [-0.4, -0.2) is 66.0 Å². The maximum absolute atomic E-state index is 12.9. The molecule has 0 fully saturated rings. The first-order valence-corrected chi connectivity index (χ1v) is 8.06. The number of halogens is 1. The second-order valence-electron chi connectivity index (χ2n) is 5.84. The predicted octanol–water partition coefficient (Wildman–Crippen LogP) is -0.242. The van der Waals surface area contributed by atoms with Crippen LogP contribution in [0.25, 0.3) is 0 Å². The summed E-state index contributed by atoms with van der Waals surface area (Å²) in [6.07, 6.45) is 0.340. The maximum atomic E-state index is 12.9. The molecule has 0 aromatic rings. The lowest BCUT2D eigenvalue weighted by Crippen LogP contribution is -2.49. The van der Waals surface area contributed by atoms with Crippen molar-refractivity contribution in [2.24, 2.45) is 0 Å². The number of aliphatic hydroxyl groups is 2. The fraction of sp³-hybridized carbons (Fsp3) is 0.412. The number of allylic oxidation sites excluding steroid dienone is 1. The number of ketones is 1. The lowest BCUT2D eigenvalue weighted by atomic mass is 10.1. The molecule has 0 bridgehead atoms. The number of rotatable bonds is 8. The minimum atomic E-state index is -1.56. The molecular formula is C17H25FN4O5. The molecule has 27 heavy (non-hydrogen) atoms. The molecule has 9 nitrogen and oxygen atoms in total. The summed E-state index contributed by atoms with van der Waals surface area (Å²) >= 11 is 0. The summed E-state index contributed by atoms with van der Waals surface area (Å²) in [6.45, 7) is 8.33. The third kappa shape index (κ3) is 6.61. The molecular weight excluding hydrogens is 359 g/mol. The van der Waals surface area contributed by atoms with E-state index in [2.05, 4.69) is 29.3 Å². The fourth-order valence-corrected chi connectivity index (χ4v) is 2.15. The maximum Gasteiger partial charge on any atom is 0.251 e. The Labute approximate surface area is 156 Å². The van der Waals surface area contributed by atoms with E-state index in [1.807, 2.05) is 0 Å². The van der Waals surface area contributed by atoms with Crippen LogP contribution >= 0.6 is 0 Å². The second kappa shape index (κ2) is 10.6. The van der Waals surface area contributed by atoms with Gasteiger partial charge in [0.1, 0.15) is 12.1 Å². The van der Waals surface area contributed by atoms with Gasteiger partial charge in [-0.25, -0.2) is 9.82 Å². The first-order chi connectivity index (χ1) is 12.7. The molecule has 10 heteroatoms. The van der Waals surface area contributed by atoms with E-state index in [-0.39, 0.29) is 37.0 Å². The smallest absolute Gasteiger partial charge is 0.251 e. The number of hydrazine groups is 1. The van der Waals surface area contributed by atoms with E-state index in [0.717, 1.165) is 12.3 Å². The number of Topliss-reactive ketones (excluding diaryl/α,β-unsaturated/α-hetero) is 1. The van der Waals surface area contributed by atoms with Crippen molar-refractivity contribution < 1.29 is 28.9 Å². The molecule has 1 amide bonds. The second-order valence-corrected chi connectivity index (χ2v) is 5.84. The van der Waals surface area contributed by atoms with Gasteiger partial charge in [-0.2, -0.15) is 0 Å². The summed E-state index contributed by atoms with van der Waals surface area (Å²) in [5.41, 5.74) is 4.98. The molecule has 0 radical (unpaired) electrons. The largest absolute Gasteiger partial charge is 0.504 e. The minimum Gasteiger partial charge on any atom is -0.504 e. The van der Waals surface area contributed by atoms with Crippen molar-refractivity contribution in [2.75, 3.05) is 26.9 Å². The van der Waals surface area contributed by atoms with Gasteiger partial charge < -0.3 is 25.3 Å². The van der Waals surface area contributed by atoms with Gasteiger partial charge in [0.2, 0.25) is 5.78 Å². The normalized spacial score (nSPS) is 22.0. The summed E-state index contributed by atoms with van der Waals surface area (Å²) in [6, 6.07) is -0.328. The Kier molecular flexibility index (Phi) is 8.82. The van der Waals surface area contributed by atoms with Crippen molar-refractivity contribution in [3.8, 4) is 0 Å². The number of aliphatic hydroxyl groups excluding tert-OH is 2. The standard InChI is InChI=1S/C17H25FN4O5/c1-10(12(3)18)6-19-17(26)13-7-20-21-9-22(11(2)8-27-4)15(24)5-14(23)16(13)25/h5,7,11,17,19-21,23,26H,1,3,6,8-9H2,2,4H3/b13-7+,14-5-/t11-,17?/m0/s1. The summed E-state index contributed by atoms with van der Waals surface area (Å²) < 4.78 is 17.9. The number of carbonyl (C=O) groups excluding carboxylic acids is 2. The quantitative estimate of drug-likeness (QED) is 0.287. The van der Waals surface area contributed by atoms with Crippen LogP contribution in [0.4, 0.5) is 4.39 Å². The lowest BCUT2D eigenvalue weighted by molar-refractivity contribution is -0.130. The predicted molar refractivity (Wildman–Crippen MR) is 96.5 cm³/mol. The minimum absolute atomic E-state index is 0.00855. The zero-order valence-corrected chi connectivity index (χ0v) is 15.3. The SMILES string of the molecule is C=C(F)C(=C)CNC(O)/C1=C/NNCN([C@@H](C)COC)C(=O)/C=C(\O)C1=O. The molecule has 1 aliphatic rings. The number of nitrogens with zero attached hydrogens (tertiary/aromatic N) is 1. The molecule has 0 spiro atoms. The highest BCUT2D eigenvalue weighted by Crippen LogP contribution is 2.11. The number of nitrogens with one attached hydrogen (secondary N) is 3. The van der Waals surface area contributed by atoms with Crippen molar-refractivity contribution >= 4 is 11.7 Å². The van der Waals surface area contributed by atoms with Gasteiger partial charge in [-0.3, -0.25) is 14.9 Å². The van der Waals surface area contributed by atoms with Crippen LogP contribution in [0.1, 0.15) is 6.92 Å². The molecule has 0 saturated carbocycles. The molecule has 0 aromatic heterocycles. The Hall–Kier alpha value is -2.53. The molecule has 1 rings (SSSR count). The van der Waals surface area contributed by atoms with E-state index in [1.54, 1.807) is 6.92 Å². The van der Waals surface area contributed by atoms with E-state index in [9.17, 15) is 24.2 Å². The highest BCUT2D eigenvalue weighted by atomic mass is 19.1. The lowest BCUT2D eigenvalue weighted by Gasteiger charge is -2.28. The average Bonchev–Trinajstić information content (AvgIpc) is 2.61. The van der Waals surface area contributed by atoms with Crippen LogP contribution < -0.4 is 16.2 Å². The van der Waals surface area contributed by atoms with Crippen molar-refractivity contribution in [2.45, 2.75) is 19.2 Å². The molecule has 1 aliphatic heterocycles. The van der Waals surface area contributed by atoms with Gasteiger partial charge in [0.05, 0.1) is 24.9 Å². The molecule has 1 heterocycles. The number of ether oxygens (including phenoxy) is 1. The Bertz CT molecular complexity index is 662. The Morgan fingerprint density at radius 2 is 2.15 bits per heavy atom. The van der Waals surface area contributed by atoms with Crippen LogP contribution in [-0.2, 0) is 14.3 Å². The van der Waals surface area contributed by atoms with Crippen molar-refractivity contribution in [1.82, 2.24) is 21.1 Å². The average molecular weight is 384 g/mol. The van der Waals surface area contributed by atoms with E-state index in [0.29, 0.717) is 0 Å². The Morgan fingerprint density at radius 1 is 1.48 bits per heavy atom.